The van der Waals surface area contributed by atoms with Gasteiger partial charge in [-0.3, -0.25) is 4.79 Å². The molecule has 1 atom stereocenters. The minimum Gasteiger partial charge on any atom is -0.379 e. The fourth-order valence-corrected chi connectivity index (χ4v) is 2.48. The Morgan fingerprint density at radius 1 is 1.47 bits per heavy atom. The van der Waals surface area contributed by atoms with Crippen molar-refractivity contribution in [3.63, 3.8) is 0 Å². The summed E-state index contributed by atoms with van der Waals surface area (Å²) in [6, 6.07) is 0. The topological polar surface area (TPSA) is 38.3 Å². The zero-order chi connectivity index (χ0) is 10.9. The summed E-state index contributed by atoms with van der Waals surface area (Å²) in [4.78, 5) is 11.8. The van der Waals surface area contributed by atoms with Gasteiger partial charge in [-0.25, -0.2) is 0 Å². The van der Waals surface area contributed by atoms with E-state index in [9.17, 15) is 4.79 Å². The standard InChI is InChI=1S/C11H19NO2S/c1-10(4-5-14-7-10)12-9(13)6-11(8-15)2-3-11/h15H,2-8H2,1H3,(H,12,13). The number of ether oxygens (including phenoxy) is 1. The number of amides is 1. The molecule has 2 aliphatic rings. The van der Waals surface area contributed by atoms with Crippen molar-refractivity contribution in [2.45, 2.75) is 38.1 Å². The van der Waals surface area contributed by atoms with Crippen molar-refractivity contribution in [2.24, 2.45) is 5.41 Å². The van der Waals surface area contributed by atoms with Crippen LogP contribution < -0.4 is 5.32 Å². The second-order valence-corrected chi connectivity index (χ2v) is 5.56. The van der Waals surface area contributed by atoms with Gasteiger partial charge in [-0.05, 0) is 37.4 Å². The fraction of sp³-hybridized carbons (Fsp3) is 0.909. The summed E-state index contributed by atoms with van der Waals surface area (Å²) in [7, 11) is 0. The Morgan fingerprint density at radius 3 is 2.67 bits per heavy atom. The molecule has 1 N–H and O–H groups in total. The number of hydrogen-bond donors (Lipinski definition) is 2. The maximum atomic E-state index is 11.8. The molecule has 4 heteroatoms. The Balaban J connectivity index is 1.82. The zero-order valence-corrected chi connectivity index (χ0v) is 10.1. The Bertz CT molecular complexity index is 257. The van der Waals surface area contributed by atoms with E-state index in [0.29, 0.717) is 13.0 Å². The molecule has 2 fully saturated rings. The minimum atomic E-state index is -0.135. The first kappa shape index (κ1) is 11.3. The number of nitrogens with one attached hydrogen (secondary N) is 1. The van der Waals surface area contributed by atoms with Crippen LogP contribution in [-0.4, -0.2) is 30.4 Å². The monoisotopic (exact) mass is 229 g/mol. The molecule has 1 amide bonds. The van der Waals surface area contributed by atoms with Crippen molar-refractivity contribution in [2.75, 3.05) is 19.0 Å². The lowest BCUT2D eigenvalue weighted by Gasteiger charge is -2.24. The summed E-state index contributed by atoms with van der Waals surface area (Å²) in [6.07, 6.45) is 3.85. The lowest BCUT2D eigenvalue weighted by atomic mass is 9.99. The van der Waals surface area contributed by atoms with Crippen molar-refractivity contribution in [1.82, 2.24) is 5.32 Å². The summed E-state index contributed by atoms with van der Waals surface area (Å²) < 4.78 is 5.30. The molecule has 2 rings (SSSR count). The van der Waals surface area contributed by atoms with E-state index in [1.54, 1.807) is 0 Å². The average Bonchev–Trinajstić information content (AvgIpc) is 2.82. The number of thiol groups is 1. The number of carbonyl (C=O) groups is 1. The summed E-state index contributed by atoms with van der Waals surface area (Å²) in [5.74, 6) is 0.989. The normalized spacial score (nSPS) is 32.7. The number of carbonyl (C=O) groups excluding carboxylic acids is 1. The first-order valence-corrected chi connectivity index (χ1v) is 6.21. The van der Waals surface area contributed by atoms with E-state index in [4.69, 9.17) is 4.74 Å². The first-order chi connectivity index (χ1) is 7.08. The van der Waals surface area contributed by atoms with E-state index in [1.165, 1.54) is 0 Å². The second-order valence-electron chi connectivity index (χ2n) is 5.25. The zero-order valence-electron chi connectivity index (χ0n) is 9.21. The highest BCUT2D eigenvalue weighted by atomic mass is 32.1. The molecule has 15 heavy (non-hydrogen) atoms. The molecule has 0 aromatic heterocycles. The second kappa shape index (κ2) is 3.98. The van der Waals surface area contributed by atoms with Gasteiger partial charge in [0.15, 0.2) is 0 Å². The summed E-state index contributed by atoms with van der Waals surface area (Å²) in [5.41, 5.74) is 0.0762. The molecule has 1 aliphatic heterocycles. The molecule has 1 aliphatic carbocycles. The fourth-order valence-electron chi connectivity index (χ4n) is 2.05. The average molecular weight is 229 g/mol. The van der Waals surface area contributed by atoms with Gasteiger partial charge >= 0.3 is 0 Å². The van der Waals surface area contributed by atoms with E-state index in [0.717, 1.165) is 31.6 Å². The van der Waals surface area contributed by atoms with Crippen LogP contribution in [0.5, 0.6) is 0 Å². The molecular formula is C11H19NO2S. The summed E-state index contributed by atoms with van der Waals surface area (Å²) >= 11 is 4.30. The Hall–Kier alpha value is -0.220. The number of hydrogen-bond acceptors (Lipinski definition) is 3. The lowest BCUT2D eigenvalue weighted by Crippen LogP contribution is -2.47. The van der Waals surface area contributed by atoms with Crippen molar-refractivity contribution >= 4 is 18.5 Å². The van der Waals surface area contributed by atoms with Crippen molar-refractivity contribution in [1.29, 1.82) is 0 Å². The van der Waals surface area contributed by atoms with Crippen LogP contribution >= 0.6 is 12.6 Å². The van der Waals surface area contributed by atoms with Gasteiger partial charge in [-0.15, -0.1) is 0 Å². The third-order valence-electron chi connectivity index (χ3n) is 3.49. The third-order valence-corrected chi connectivity index (χ3v) is 4.16. The van der Waals surface area contributed by atoms with Gasteiger partial charge in [0.25, 0.3) is 0 Å². The van der Waals surface area contributed by atoms with Crippen LogP contribution in [0.15, 0.2) is 0 Å². The van der Waals surface area contributed by atoms with Gasteiger partial charge in [-0.1, -0.05) is 0 Å². The van der Waals surface area contributed by atoms with Gasteiger partial charge in [0.1, 0.15) is 0 Å². The van der Waals surface area contributed by atoms with Crippen molar-refractivity contribution in [3.05, 3.63) is 0 Å². The Labute approximate surface area is 96.4 Å². The van der Waals surface area contributed by atoms with Crippen LogP contribution in [0, 0.1) is 5.41 Å². The lowest BCUT2D eigenvalue weighted by molar-refractivity contribution is -0.123. The molecular weight excluding hydrogens is 210 g/mol. The van der Waals surface area contributed by atoms with Gasteiger partial charge in [-0.2, -0.15) is 12.6 Å². The van der Waals surface area contributed by atoms with Crippen LogP contribution in [-0.2, 0) is 9.53 Å². The van der Waals surface area contributed by atoms with E-state index >= 15 is 0 Å². The molecule has 0 aromatic carbocycles. The molecule has 0 radical (unpaired) electrons. The maximum absolute atomic E-state index is 11.8. The van der Waals surface area contributed by atoms with Gasteiger partial charge in [0.05, 0.1) is 12.1 Å². The highest BCUT2D eigenvalue weighted by molar-refractivity contribution is 7.80. The molecule has 1 saturated carbocycles. The van der Waals surface area contributed by atoms with Crippen LogP contribution in [0.3, 0.4) is 0 Å². The Kier molecular flexibility index (Phi) is 2.99. The summed E-state index contributed by atoms with van der Waals surface area (Å²) in [5, 5.41) is 3.09. The number of rotatable bonds is 4. The quantitative estimate of drug-likeness (QED) is 0.715. The van der Waals surface area contributed by atoms with Crippen LogP contribution in [0.4, 0.5) is 0 Å². The molecule has 3 nitrogen and oxygen atoms in total. The smallest absolute Gasteiger partial charge is 0.221 e. The van der Waals surface area contributed by atoms with Gasteiger partial charge in [0, 0.05) is 13.0 Å². The highest BCUT2D eigenvalue weighted by Gasteiger charge is 2.44. The SMILES string of the molecule is CC1(NC(=O)CC2(CS)CC2)CCOC1. The van der Waals surface area contributed by atoms with Crippen molar-refractivity contribution in [3.8, 4) is 0 Å². The van der Waals surface area contributed by atoms with E-state index in [2.05, 4.69) is 24.9 Å². The minimum absolute atomic E-state index is 0.135. The molecule has 1 saturated heterocycles. The van der Waals surface area contributed by atoms with Gasteiger partial charge < -0.3 is 10.1 Å². The van der Waals surface area contributed by atoms with E-state index in [-0.39, 0.29) is 16.9 Å². The third kappa shape index (κ3) is 2.67. The van der Waals surface area contributed by atoms with E-state index < -0.39 is 0 Å². The predicted molar refractivity (Wildman–Crippen MR) is 62.1 cm³/mol. The molecule has 86 valence electrons. The molecule has 0 aromatic rings. The summed E-state index contributed by atoms with van der Waals surface area (Å²) in [6.45, 7) is 3.46. The first-order valence-electron chi connectivity index (χ1n) is 5.57. The van der Waals surface area contributed by atoms with Crippen LogP contribution in [0.25, 0.3) is 0 Å². The van der Waals surface area contributed by atoms with E-state index in [1.807, 2.05) is 0 Å². The van der Waals surface area contributed by atoms with Gasteiger partial charge in [0.2, 0.25) is 5.91 Å². The molecule has 1 unspecified atom stereocenters. The molecule has 0 spiro atoms. The Morgan fingerprint density at radius 2 is 2.20 bits per heavy atom. The maximum Gasteiger partial charge on any atom is 0.221 e. The van der Waals surface area contributed by atoms with Crippen LogP contribution in [0.1, 0.15) is 32.6 Å². The van der Waals surface area contributed by atoms with Crippen LogP contribution in [0.2, 0.25) is 0 Å². The molecule has 1 heterocycles. The largest absolute Gasteiger partial charge is 0.379 e. The van der Waals surface area contributed by atoms with Crippen molar-refractivity contribution < 1.29 is 9.53 Å². The highest BCUT2D eigenvalue weighted by Crippen LogP contribution is 2.49. The molecule has 0 bridgehead atoms. The predicted octanol–water partition coefficient (Wildman–Crippen LogP) is 1.38.